The Labute approximate surface area is 130 Å². The lowest BCUT2D eigenvalue weighted by atomic mass is 9.85. The maximum Gasteiger partial charge on any atom is 0.0916 e. The minimum absolute atomic E-state index is 0.368. The molecule has 118 valence electrons. The SMILES string of the molecule is CC(C)c1ccc(C(O)CN2CCCC(C)(C)CC2)cc1. The Morgan fingerprint density at radius 3 is 2.29 bits per heavy atom. The Morgan fingerprint density at radius 1 is 1.05 bits per heavy atom. The molecule has 1 aliphatic heterocycles. The predicted octanol–water partition coefficient (Wildman–Crippen LogP) is 4.36. The fourth-order valence-electron chi connectivity index (χ4n) is 3.11. The van der Waals surface area contributed by atoms with Crippen LogP contribution in [0.4, 0.5) is 0 Å². The molecule has 2 nitrogen and oxygen atoms in total. The molecule has 2 rings (SSSR count). The molecule has 0 bridgehead atoms. The van der Waals surface area contributed by atoms with E-state index >= 15 is 0 Å². The summed E-state index contributed by atoms with van der Waals surface area (Å²) in [5, 5.41) is 10.5. The number of aliphatic hydroxyl groups excluding tert-OH is 1. The van der Waals surface area contributed by atoms with Gasteiger partial charge in [-0.15, -0.1) is 0 Å². The van der Waals surface area contributed by atoms with Gasteiger partial charge in [0.05, 0.1) is 6.10 Å². The van der Waals surface area contributed by atoms with Crippen molar-refractivity contribution in [2.75, 3.05) is 19.6 Å². The van der Waals surface area contributed by atoms with Gasteiger partial charge in [-0.1, -0.05) is 52.0 Å². The first kappa shape index (κ1) is 16.5. The van der Waals surface area contributed by atoms with Crippen molar-refractivity contribution in [1.29, 1.82) is 0 Å². The van der Waals surface area contributed by atoms with E-state index in [4.69, 9.17) is 0 Å². The van der Waals surface area contributed by atoms with Crippen molar-refractivity contribution in [2.24, 2.45) is 5.41 Å². The van der Waals surface area contributed by atoms with Gasteiger partial charge in [0, 0.05) is 6.54 Å². The fourth-order valence-corrected chi connectivity index (χ4v) is 3.11. The van der Waals surface area contributed by atoms with Crippen LogP contribution in [0, 0.1) is 5.41 Å². The van der Waals surface area contributed by atoms with E-state index in [9.17, 15) is 5.11 Å². The molecule has 0 spiro atoms. The van der Waals surface area contributed by atoms with Crippen LogP contribution in [0.3, 0.4) is 0 Å². The lowest BCUT2D eigenvalue weighted by Crippen LogP contribution is -2.30. The molecule has 21 heavy (non-hydrogen) atoms. The number of nitrogens with zero attached hydrogens (tertiary/aromatic N) is 1. The van der Waals surface area contributed by atoms with Gasteiger partial charge in [0.2, 0.25) is 0 Å². The molecule has 0 saturated carbocycles. The van der Waals surface area contributed by atoms with Crippen LogP contribution in [-0.4, -0.2) is 29.6 Å². The van der Waals surface area contributed by atoms with E-state index in [1.165, 1.54) is 24.8 Å². The third kappa shape index (κ3) is 4.82. The second-order valence-corrected chi connectivity index (χ2v) is 7.66. The van der Waals surface area contributed by atoms with Gasteiger partial charge in [-0.05, 0) is 54.8 Å². The highest BCUT2D eigenvalue weighted by Crippen LogP contribution is 2.30. The molecule has 1 fully saturated rings. The smallest absolute Gasteiger partial charge is 0.0916 e. The summed E-state index contributed by atoms with van der Waals surface area (Å²) in [6.07, 6.45) is 3.40. The van der Waals surface area contributed by atoms with Gasteiger partial charge in [0.1, 0.15) is 0 Å². The lowest BCUT2D eigenvalue weighted by molar-refractivity contribution is 0.113. The average molecular weight is 289 g/mol. The molecule has 1 saturated heterocycles. The molecule has 2 heteroatoms. The second-order valence-electron chi connectivity index (χ2n) is 7.66. The van der Waals surface area contributed by atoms with Crippen LogP contribution in [0.25, 0.3) is 0 Å². The number of aliphatic hydroxyl groups is 1. The Balaban J connectivity index is 1.93. The third-order valence-corrected chi connectivity index (χ3v) is 4.85. The second kappa shape index (κ2) is 6.93. The summed E-state index contributed by atoms with van der Waals surface area (Å²) in [6, 6.07) is 8.47. The van der Waals surface area contributed by atoms with Gasteiger partial charge >= 0.3 is 0 Å². The van der Waals surface area contributed by atoms with E-state index in [0.29, 0.717) is 11.3 Å². The van der Waals surface area contributed by atoms with E-state index in [0.717, 1.165) is 25.2 Å². The standard InChI is InChI=1S/C19H31NO/c1-15(2)16-6-8-17(9-7-16)18(21)14-20-12-5-10-19(3,4)11-13-20/h6-9,15,18,21H,5,10-14H2,1-4H3. The molecule has 0 amide bonds. The quantitative estimate of drug-likeness (QED) is 0.890. The van der Waals surface area contributed by atoms with Crippen LogP contribution in [0.5, 0.6) is 0 Å². The molecular formula is C19H31NO. The number of rotatable bonds is 4. The summed E-state index contributed by atoms with van der Waals surface area (Å²) in [5.74, 6) is 0.545. The number of hydrogen-bond acceptors (Lipinski definition) is 2. The first-order valence-electron chi connectivity index (χ1n) is 8.38. The van der Waals surface area contributed by atoms with E-state index in [1.54, 1.807) is 0 Å². The van der Waals surface area contributed by atoms with Crippen LogP contribution in [0.1, 0.15) is 70.1 Å². The molecule has 1 aliphatic rings. The number of β-amino-alcohol motifs (C(OH)–C–C–N with tert-alkyl or cyclic N) is 1. The molecule has 1 unspecified atom stereocenters. The summed E-state index contributed by atoms with van der Waals surface area (Å²) < 4.78 is 0. The maximum atomic E-state index is 10.5. The van der Waals surface area contributed by atoms with E-state index in [1.807, 2.05) is 0 Å². The molecular weight excluding hydrogens is 258 g/mol. The Morgan fingerprint density at radius 2 is 1.67 bits per heavy atom. The van der Waals surface area contributed by atoms with Gasteiger partial charge in [-0.3, -0.25) is 0 Å². The molecule has 0 radical (unpaired) electrons. The zero-order valence-electron chi connectivity index (χ0n) is 14.1. The summed E-state index contributed by atoms with van der Waals surface area (Å²) >= 11 is 0. The highest BCUT2D eigenvalue weighted by Gasteiger charge is 2.24. The van der Waals surface area contributed by atoms with Crippen molar-refractivity contribution in [3.05, 3.63) is 35.4 Å². The maximum absolute atomic E-state index is 10.5. The van der Waals surface area contributed by atoms with E-state index in [-0.39, 0.29) is 6.10 Å². The molecule has 0 aliphatic carbocycles. The van der Waals surface area contributed by atoms with Crippen molar-refractivity contribution in [2.45, 2.75) is 59.0 Å². The Kier molecular flexibility index (Phi) is 5.45. The predicted molar refractivity (Wildman–Crippen MR) is 89.6 cm³/mol. The first-order valence-corrected chi connectivity index (χ1v) is 8.38. The van der Waals surface area contributed by atoms with Crippen molar-refractivity contribution in [3.8, 4) is 0 Å². The van der Waals surface area contributed by atoms with Crippen LogP contribution < -0.4 is 0 Å². The summed E-state index contributed by atoms with van der Waals surface area (Å²) in [6.45, 7) is 12.1. The van der Waals surface area contributed by atoms with Gasteiger partial charge in [0.15, 0.2) is 0 Å². The Bertz CT molecular complexity index is 435. The highest BCUT2D eigenvalue weighted by atomic mass is 16.3. The third-order valence-electron chi connectivity index (χ3n) is 4.85. The van der Waals surface area contributed by atoms with Gasteiger partial charge < -0.3 is 10.0 Å². The molecule has 1 atom stereocenters. The minimum atomic E-state index is -0.368. The molecule has 0 aromatic heterocycles. The van der Waals surface area contributed by atoms with Crippen molar-refractivity contribution < 1.29 is 5.11 Å². The van der Waals surface area contributed by atoms with Crippen molar-refractivity contribution in [1.82, 2.24) is 4.90 Å². The summed E-state index contributed by atoms with van der Waals surface area (Å²) in [4.78, 5) is 2.43. The van der Waals surface area contributed by atoms with Crippen LogP contribution in [0.15, 0.2) is 24.3 Å². The van der Waals surface area contributed by atoms with Gasteiger partial charge in [-0.2, -0.15) is 0 Å². The van der Waals surface area contributed by atoms with Crippen molar-refractivity contribution >= 4 is 0 Å². The average Bonchev–Trinajstić information content (AvgIpc) is 2.60. The lowest BCUT2D eigenvalue weighted by Gasteiger charge is -2.25. The summed E-state index contributed by atoms with van der Waals surface area (Å²) in [7, 11) is 0. The first-order chi connectivity index (χ1) is 9.87. The molecule has 1 aromatic carbocycles. The highest BCUT2D eigenvalue weighted by molar-refractivity contribution is 5.26. The number of likely N-dealkylation sites (tertiary alicyclic amines) is 1. The minimum Gasteiger partial charge on any atom is -0.387 e. The largest absolute Gasteiger partial charge is 0.387 e. The van der Waals surface area contributed by atoms with Crippen molar-refractivity contribution in [3.63, 3.8) is 0 Å². The number of hydrogen-bond donors (Lipinski definition) is 1. The molecule has 1 N–H and O–H groups in total. The summed E-state index contributed by atoms with van der Waals surface area (Å²) in [5.41, 5.74) is 2.84. The van der Waals surface area contributed by atoms with Gasteiger partial charge in [0.25, 0.3) is 0 Å². The van der Waals surface area contributed by atoms with Crippen LogP contribution in [0.2, 0.25) is 0 Å². The van der Waals surface area contributed by atoms with Crippen LogP contribution >= 0.6 is 0 Å². The van der Waals surface area contributed by atoms with Gasteiger partial charge in [-0.25, -0.2) is 0 Å². The zero-order valence-corrected chi connectivity index (χ0v) is 14.1. The number of benzene rings is 1. The van der Waals surface area contributed by atoms with E-state index < -0.39 is 0 Å². The Hall–Kier alpha value is -0.860. The molecule has 1 aromatic rings. The topological polar surface area (TPSA) is 23.5 Å². The van der Waals surface area contributed by atoms with Crippen LogP contribution in [-0.2, 0) is 0 Å². The zero-order chi connectivity index (χ0) is 15.5. The molecule has 1 heterocycles. The van der Waals surface area contributed by atoms with E-state index in [2.05, 4.69) is 56.9 Å². The normalized spacial score (nSPS) is 21.2. The fraction of sp³-hybridized carbons (Fsp3) is 0.684. The monoisotopic (exact) mass is 289 g/mol.